The Morgan fingerprint density at radius 2 is 1.95 bits per heavy atom. The van der Waals surface area contributed by atoms with Crippen molar-refractivity contribution in [2.75, 3.05) is 27.4 Å². The van der Waals surface area contributed by atoms with Gasteiger partial charge in [-0.3, -0.25) is 10.1 Å². The molecule has 0 saturated heterocycles. The van der Waals surface area contributed by atoms with E-state index >= 15 is 0 Å². The second-order valence-corrected chi connectivity index (χ2v) is 4.58. The van der Waals surface area contributed by atoms with E-state index in [0.29, 0.717) is 19.6 Å². The zero-order valence-electron chi connectivity index (χ0n) is 11.6. The predicted octanol–water partition coefficient (Wildman–Crippen LogP) is 1.32. The number of rotatable bonds is 8. The van der Waals surface area contributed by atoms with Crippen LogP contribution in [-0.4, -0.2) is 44.0 Å². The molecule has 19 heavy (non-hydrogen) atoms. The van der Waals surface area contributed by atoms with E-state index in [-0.39, 0.29) is 0 Å². The minimum Gasteiger partial charge on any atom is -0.497 e. The van der Waals surface area contributed by atoms with E-state index in [9.17, 15) is 9.90 Å². The summed E-state index contributed by atoms with van der Waals surface area (Å²) in [5.74, 6) is -0.118. The molecule has 0 aliphatic rings. The monoisotopic (exact) mass is 267 g/mol. The van der Waals surface area contributed by atoms with Gasteiger partial charge in [-0.15, -0.1) is 0 Å². The van der Waals surface area contributed by atoms with Crippen LogP contribution in [0.4, 0.5) is 0 Å². The third kappa shape index (κ3) is 4.54. The van der Waals surface area contributed by atoms with E-state index in [0.717, 1.165) is 11.3 Å². The molecule has 5 heteroatoms. The number of carboxylic acid groups (broad SMARTS) is 1. The van der Waals surface area contributed by atoms with Gasteiger partial charge in [-0.1, -0.05) is 12.1 Å². The molecule has 0 radical (unpaired) electrons. The van der Waals surface area contributed by atoms with E-state index in [1.54, 1.807) is 21.1 Å². The topological polar surface area (TPSA) is 67.8 Å². The van der Waals surface area contributed by atoms with E-state index < -0.39 is 11.5 Å². The molecule has 1 unspecified atom stereocenters. The Morgan fingerprint density at radius 1 is 1.32 bits per heavy atom. The van der Waals surface area contributed by atoms with Crippen LogP contribution >= 0.6 is 0 Å². The Balaban J connectivity index is 2.73. The molecule has 0 amide bonds. The van der Waals surface area contributed by atoms with Gasteiger partial charge in [0.25, 0.3) is 0 Å². The van der Waals surface area contributed by atoms with Gasteiger partial charge in [0.1, 0.15) is 11.3 Å². The Kier molecular flexibility index (Phi) is 5.79. The van der Waals surface area contributed by atoms with Gasteiger partial charge >= 0.3 is 5.97 Å². The Labute approximate surface area is 113 Å². The van der Waals surface area contributed by atoms with Crippen molar-refractivity contribution in [3.8, 4) is 5.75 Å². The standard InChI is InChI=1S/C14H21NO4/c1-14(13(16)17,15-8-9-18-2)10-11-4-6-12(19-3)7-5-11/h4-7,15H,8-10H2,1-3H3,(H,16,17). The van der Waals surface area contributed by atoms with Crippen molar-refractivity contribution in [2.24, 2.45) is 0 Å². The molecule has 0 aliphatic heterocycles. The van der Waals surface area contributed by atoms with Gasteiger partial charge in [0.15, 0.2) is 0 Å². The average molecular weight is 267 g/mol. The van der Waals surface area contributed by atoms with E-state index in [1.807, 2.05) is 24.3 Å². The lowest BCUT2D eigenvalue weighted by Crippen LogP contribution is -2.52. The molecule has 0 bridgehead atoms. The second kappa shape index (κ2) is 7.11. The third-order valence-corrected chi connectivity index (χ3v) is 3.01. The molecule has 0 fully saturated rings. The molecule has 1 rings (SSSR count). The molecule has 0 spiro atoms. The minimum absolute atomic E-state index is 0.399. The first-order chi connectivity index (χ1) is 9.01. The summed E-state index contributed by atoms with van der Waals surface area (Å²) in [4.78, 5) is 11.4. The van der Waals surface area contributed by atoms with Crippen molar-refractivity contribution >= 4 is 5.97 Å². The lowest BCUT2D eigenvalue weighted by atomic mass is 9.93. The molecule has 0 saturated carbocycles. The highest BCUT2D eigenvalue weighted by Gasteiger charge is 2.32. The van der Waals surface area contributed by atoms with Gasteiger partial charge in [-0.25, -0.2) is 0 Å². The number of hydrogen-bond donors (Lipinski definition) is 2. The number of benzene rings is 1. The van der Waals surface area contributed by atoms with Crippen molar-refractivity contribution in [2.45, 2.75) is 18.9 Å². The van der Waals surface area contributed by atoms with Gasteiger partial charge in [-0.05, 0) is 24.6 Å². The van der Waals surface area contributed by atoms with Gasteiger partial charge in [0.05, 0.1) is 13.7 Å². The van der Waals surface area contributed by atoms with E-state index in [2.05, 4.69) is 5.32 Å². The van der Waals surface area contributed by atoms with Crippen molar-refractivity contribution in [3.63, 3.8) is 0 Å². The van der Waals surface area contributed by atoms with Crippen LogP contribution in [0.5, 0.6) is 5.75 Å². The summed E-state index contributed by atoms with van der Waals surface area (Å²) in [6, 6.07) is 7.40. The van der Waals surface area contributed by atoms with E-state index in [1.165, 1.54) is 0 Å². The Hall–Kier alpha value is -1.59. The fourth-order valence-electron chi connectivity index (χ4n) is 1.79. The van der Waals surface area contributed by atoms with Crippen LogP contribution in [-0.2, 0) is 16.0 Å². The zero-order valence-corrected chi connectivity index (χ0v) is 11.6. The average Bonchev–Trinajstić information content (AvgIpc) is 2.40. The summed E-state index contributed by atoms with van der Waals surface area (Å²) in [5.41, 5.74) is -0.0664. The molecule has 5 nitrogen and oxygen atoms in total. The van der Waals surface area contributed by atoms with Gasteiger partial charge in [0, 0.05) is 20.1 Å². The molecule has 0 aliphatic carbocycles. The third-order valence-electron chi connectivity index (χ3n) is 3.01. The highest BCUT2D eigenvalue weighted by molar-refractivity contribution is 5.78. The quantitative estimate of drug-likeness (QED) is 0.695. The smallest absolute Gasteiger partial charge is 0.323 e. The first-order valence-corrected chi connectivity index (χ1v) is 6.12. The second-order valence-electron chi connectivity index (χ2n) is 4.58. The van der Waals surface area contributed by atoms with Crippen molar-refractivity contribution in [1.82, 2.24) is 5.32 Å². The largest absolute Gasteiger partial charge is 0.497 e. The molecule has 1 aromatic carbocycles. The van der Waals surface area contributed by atoms with Crippen LogP contribution in [0, 0.1) is 0 Å². The summed E-state index contributed by atoms with van der Waals surface area (Å²) >= 11 is 0. The van der Waals surface area contributed by atoms with Crippen molar-refractivity contribution < 1.29 is 19.4 Å². The molecule has 0 aromatic heterocycles. The molecule has 1 aromatic rings. The lowest BCUT2D eigenvalue weighted by Gasteiger charge is -2.26. The van der Waals surface area contributed by atoms with Crippen molar-refractivity contribution in [3.05, 3.63) is 29.8 Å². The Bertz CT molecular complexity index is 404. The molecule has 0 heterocycles. The van der Waals surface area contributed by atoms with Gasteiger partial charge in [-0.2, -0.15) is 0 Å². The number of hydrogen-bond acceptors (Lipinski definition) is 4. The number of carboxylic acids is 1. The van der Waals surface area contributed by atoms with E-state index in [4.69, 9.17) is 9.47 Å². The Morgan fingerprint density at radius 3 is 2.42 bits per heavy atom. The summed E-state index contributed by atoms with van der Waals surface area (Å²) in [6.07, 6.45) is 0.399. The molecular formula is C14H21NO4. The van der Waals surface area contributed by atoms with Gasteiger partial charge in [0.2, 0.25) is 0 Å². The molecular weight excluding hydrogens is 246 g/mol. The molecule has 2 N–H and O–H groups in total. The SMILES string of the molecule is COCCNC(C)(Cc1ccc(OC)cc1)C(=O)O. The number of ether oxygens (including phenoxy) is 2. The summed E-state index contributed by atoms with van der Waals surface area (Å²) in [7, 11) is 3.19. The zero-order chi connectivity index (χ0) is 14.3. The number of aliphatic carboxylic acids is 1. The first-order valence-electron chi connectivity index (χ1n) is 6.12. The van der Waals surface area contributed by atoms with Crippen LogP contribution in [0.3, 0.4) is 0 Å². The van der Waals surface area contributed by atoms with Crippen LogP contribution in [0.2, 0.25) is 0 Å². The van der Waals surface area contributed by atoms with Crippen LogP contribution in [0.1, 0.15) is 12.5 Å². The normalized spacial score (nSPS) is 13.8. The lowest BCUT2D eigenvalue weighted by molar-refractivity contribution is -0.144. The summed E-state index contributed by atoms with van der Waals surface area (Å²) in [6.45, 7) is 2.65. The van der Waals surface area contributed by atoms with Gasteiger partial charge < -0.3 is 14.6 Å². The highest BCUT2D eigenvalue weighted by Crippen LogP contribution is 2.17. The predicted molar refractivity (Wildman–Crippen MR) is 72.6 cm³/mol. The number of carbonyl (C=O) groups is 1. The maximum atomic E-state index is 11.4. The fraction of sp³-hybridized carbons (Fsp3) is 0.500. The maximum absolute atomic E-state index is 11.4. The molecule has 1 atom stereocenters. The number of nitrogens with one attached hydrogen (secondary N) is 1. The van der Waals surface area contributed by atoms with Crippen LogP contribution in [0.25, 0.3) is 0 Å². The van der Waals surface area contributed by atoms with Crippen molar-refractivity contribution in [1.29, 1.82) is 0 Å². The molecule has 106 valence electrons. The summed E-state index contributed by atoms with van der Waals surface area (Å²) < 4.78 is 10.0. The minimum atomic E-state index is -1.01. The van der Waals surface area contributed by atoms with Crippen LogP contribution in [0.15, 0.2) is 24.3 Å². The first kappa shape index (κ1) is 15.5. The highest BCUT2D eigenvalue weighted by atomic mass is 16.5. The number of methoxy groups -OCH3 is 2. The van der Waals surface area contributed by atoms with Crippen LogP contribution < -0.4 is 10.1 Å². The maximum Gasteiger partial charge on any atom is 0.323 e. The fourth-order valence-corrected chi connectivity index (χ4v) is 1.79. The summed E-state index contributed by atoms with van der Waals surface area (Å²) in [5, 5.41) is 12.4.